The summed E-state index contributed by atoms with van der Waals surface area (Å²) in [5.74, 6) is 1.67. The zero-order chi connectivity index (χ0) is 14.7. The summed E-state index contributed by atoms with van der Waals surface area (Å²) >= 11 is 0. The standard InChI is InChI=1S/C13H17N5O2/c1-8-11(7-14-9(2)15-8)13(19)18(4)6-5-12-16-10(3)20-17-12/h7H,5-6H2,1-4H3. The van der Waals surface area contributed by atoms with E-state index >= 15 is 0 Å². The minimum Gasteiger partial charge on any atom is -0.341 e. The second-order valence-electron chi connectivity index (χ2n) is 4.62. The van der Waals surface area contributed by atoms with E-state index in [1.165, 1.54) is 0 Å². The molecule has 7 nitrogen and oxygen atoms in total. The minimum absolute atomic E-state index is 0.109. The van der Waals surface area contributed by atoms with Crippen LogP contribution in [0.2, 0.25) is 0 Å². The molecule has 0 radical (unpaired) electrons. The highest BCUT2D eigenvalue weighted by Crippen LogP contribution is 2.08. The number of carbonyl (C=O) groups excluding carboxylic acids is 1. The molecule has 2 rings (SSSR count). The molecule has 0 aromatic carbocycles. The fourth-order valence-corrected chi connectivity index (χ4v) is 1.81. The van der Waals surface area contributed by atoms with Crippen molar-refractivity contribution in [2.24, 2.45) is 0 Å². The molecular formula is C13H17N5O2. The third kappa shape index (κ3) is 3.17. The van der Waals surface area contributed by atoms with Crippen LogP contribution in [0.25, 0.3) is 0 Å². The van der Waals surface area contributed by atoms with E-state index in [-0.39, 0.29) is 5.91 Å². The van der Waals surface area contributed by atoms with E-state index in [0.717, 1.165) is 0 Å². The molecule has 0 N–H and O–H groups in total. The largest absolute Gasteiger partial charge is 0.341 e. The molecule has 106 valence electrons. The van der Waals surface area contributed by atoms with E-state index in [9.17, 15) is 4.79 Å². The minimum atomic E-state index is -0.109. The number of aryl methyl sites for hydroxylation is 3. The summed E-state index contributed by atoms with van der Waals surface area (Å²) in [6, 6.07) is 0. The van der Waals surface area contributed by atoms with Crippen LogP contribution in [-0.2, 0) is 6.42 Å². The lowest BCUT2D eigenvalue weighted by atomic mass is 10.2. The Balaban J connectivity index is 2.01. The van der Waals surface area contributed by atoms with E-state index in [4.69, 9.17) is 4.52 Å². The maximum Gasteiger partial charge on any atom is 0.257 e. The summed E-state index contributed by atoms with van der Waals surface area (Å²) in [5.41, 5.74) is 1.20. The van der Waals surface area contributed by atoms with Crippen LogP contribution >= 0.6 is 0 Å². The van der Waals surface area contributed by atoms with Crippen LogP contribution < -0.4 is 0 Å². The van der Waals surface area contributed by atoms with Crippen LogP contribution in [0.15, 0.2) is 10.7 Å². The normalized spacial score (nSPS) is 10.6. The lowest BCUT2D eigenvalue weighted by molar-refractivity contribution is 0.0794. The van der Waals surface area contributed by atoms with E-state index in [1.807, 2.05) is 0 Å². The average Bonchev–Trinajstić information content (AvgIpc) is 2.81. The quantitative estimate of drug-likeness (QED) is 0.830. The van der Waals surface area contributed by atoms with Gasteiger partial charge in [-0.2, -0.15) is 4.98 Å². The van der Waals surface area contributed by atoms with Crippen LogP contribution in [-0.4, -0.2) is 44.5 Å². The topological polar surface area (TPSA) is 85.0 Å². The Hall–Kier alpha value is -2.31. The smallest absolute Gasteiger partial charge is 0.257 e. The molecule has 0 aliphatic heterocycles. The van der Waals surface area contributed by atoms with Gasteiger partial charge in [-0.05, 0) is 13.8 Å². The zero-order valence-corrected chi connectivity index (χ0v) is 12.0. The van der Waals surface area contributed by atoms with Crippen molar-refractivity contribution >= 4 is 5.91 Å². The van der Waals surface area contributed by atoms with Gasteiger partial charge in [0.25, 0.3) is 5.91 Å². The molecule has 0 unspecified atom stereocenters. The van der Waals surface area contributed by atoms with E-state index in [0.29, 0.717) is 41.8 Å². The molecular weight excluding hydrogens is 258 g/mol. The number of likely N-dealkylation sites (N-methyl/N-ethyl adjacent to an activating group) is 1. The highest BCUT2D eigenvalue weighted by atomic mass is 16.5. The van der Waals surface area contributed by atoms with E-state index in [1.54, 1.807) is 38.9 Å². The van der Waals surface area contributed by atoms with Crippen molar-refractivity contribution in [2.45, 2.75) is 27.2 Å². The Morgan fingerprint density at radius 3 is 2.65 bits per heavy atom. The summed E-state index contributed by atoms with van der Waals surface area (Å²) < 4.78 is 4.89. The number of nitrogens with zero attached hydrogens (tertiary/aromatic N) is 5. The molecule has 0 aliphatic rings. The fourth-order valence-electron chi connectivity index (χ4n) is 1.81. The number of rotatable bonds is 4. The highest BCUT2D eigenvalue weighted by molar-refractivity contribution is 5.94. The Kier molecular flexibility index (Phi) is 4.07. The van der Waals surface area contributed by atoms with Crippen LogP contribution in [0.3, 0.4) is 0 Å². The second kappa shape index (κ2) is 5.77. The van der Waals surface area contributed by atoms with E-state index < -0.39 is 0 Å². The first-order chi connectivity index (χ1) is 9.47. The molecule has 2 aromatic rings. The zero-order valence-electron chi connectivity index (χ0n) is 12.0. The van der Waals surface area contributed by atoms with Gasteiger partial charge in [0.15, 0.2) is 5.82 Å². The molecule has 2 aromatic heterocycles. The van der Waals surface area contributed by atoms with Gasteiger partial charge in [-0.25, -0.2) is 9.97 Å². The molecule has 7 heteroatoms. The molecule has 0 saturated heterocycles. The van der Waals surface area contributed by atoms with Gasteiger partial charge in [0, 0.05) is 33.1 Å². The molecule has 0 fully saturated rings. The Morgan fingerprint density at radius 1 is 1.30 bits per heavy atom. The van der Waals surface area contributed by atoms with Gasteiger partial charge in [-0.1, -0.05) is 5.16 Å². The van der Waals surface area contributed by atoms with Crippen molar-refractivity contribution in [3.8, 4) is 0 Å². The second-order valence-corrected chi connectivity index (χ2v) is 4.62. The van der Waals surface area contributed by atoms with Gasteiger partial charge in [0.2, 0.25) is 5.89 Å². The van der Waals surface area contributed by atoms with Gasteiger partial charge in [-0.15, -0.1) is 0 Å². The predicted molar refractivity (Wildman–Crippen MR) is 71.2 cm³/mol. The van der Waals surface area contributed by atoms with Crippen LogP contribution in [0.4, 0.5) is 0 Å². The molecule has 1 amide bonds. The van der Waals surface area contributed by atoms with Gasteiger partial charge in [0.1, 0.15) is 5.82 Å². The fraction of sp³-hybridized carbons (Fsp3) is 0.462. The first-order valence-corrected chi connectivity index (χ1v) is 6.32. The Morgan fingerprint density at radius 2 is 2.05 bits per heavy atom. The van der Waals surface area contributed by atoms with Gasteiger partial charge < -0.3 is 9.42 Å². The summed E-state index contributed by atoms with van der Waals surface area (Å²) in [6.07, 6.45) is 2.11. The first kappa shape index (κ1) is 14.1. The van der Waals surface area contributed by atoms with Gasteiger partial charge in [-0.3, -0.25) is 4.79 Å². The molecule has 20 heavy (non-hydrogen) atoms. The van der Waals surface area contributed by atoms with Crippen LogP contribution in [0, 0.1) is 20.8 Å². The van der Waals surface area contributed by atoms with Crippen molar-refractivity contribution in [1.29, 1.82) is 0 Å². The monoisotopic (exact) mass is 275 g/mol. The molecule has 2 heterocycles. The Labute approximate surface area is 117 Å². The Bertz CT molecular complexity index is 623. The first-order valence-electron chi connectivity index (χ1n) is 6.32. The van der Waals surface area contributed by atoms with Crippen LogP contribution in [0.1, 0.15) is 33.6 Å². The summed E-state index contributed by atoms with van der Waals surface area (Å²) in [4.78, 5) is 26.3. The van der Waals surface area contributed by atoms with Gasteiger partial charge >= 0.3 is 0 Å². The third-order valence-electron chi connectivity index (χ3n) is 2.92. The van der Waals surface area contributed by atoms with Crippen molar-refractivity contribution in [2.75, 3.05) is 13.6 Å². The van der Waals surface area contributed by atoms with Gasteiger partial charge in [0.05, 0.1) is 11.3 Å². The van der Waals surface area contributed by atoms with Crippen molar-refractivity contribution in [3.63, 3.8) is 0 Å². The van der Waals surface area contributed by atoms with Crippen molar-refractivity contribution in [3.05, 3.63) is 35.0 Å². The number of hydrogen-bond acceptors (Lipinski definition) is 6. The number of aromatic nitrogens is 4. The average molecular weight is 275 g/mol. The molecule has 0 atom stereocenters. The number of hydrogen-bond donors (Lipinski definition) is 0. The summed E-state index contributed by atoms with van der Waals surface area (Å²) in [5, 5.41) is 3.80. The molecule has 0 saturated carbocycles. The maximum absolute atomic E-state index is 12.3. The molecule has 0 aliphatic carbocycles. The van der Waals surface area contributed by atoms with E-state index in [2.05, 4.69) is 20.1 Å². The third-order valence-corrected chi connectivity index (χ3v) is 2.92. The lowest BCUT2D eigenvalue weighted by Crippen LogP contribution is -2.30. The summed E-state index contributed by atoms with van der Waals surface area (Å²) in [6.45, 7) is 5.84. The predicted octanol–water partition coefficient (Wildman–Crippen LogP) is 1.10. The molecule has 0 spiro atoms. The highest BCUT2D eigenvalue weighted by Gasteiger charge is 2.16. The van der Waals surface area contributed by atoms with Crippen molar-refractivity contribution < 1.29 is 9.32 Å². The number of amides is 1. The SMILES string of the molecule is Cc1ncc(C(=O)N(C)CCc2noc(C)n2)c(C)n1. The summed E-state index contributed by atoms with van der Waals surface area (Å²) in [7, 11) is 1.73. The van der Waals surface area contributed by atoms with Crippen molar-refractivity contribution in [1.82, 2.24) is 25.0 Å². The molecule has 0 bridgehead atoms. The van der Waals surface area contributed by atoms with Crippen LogP contribution in [0.5, 0.6) is 0 Å². The lowest BCUT2D eigenvalue weighted by Gasteiger charge is -2.17. The maximum atomic E-state index is 12.3. The number of carbonyl (C=O) groups is 1.